The summed E-state index contributed by atoms with van der Waals surface area (Å²) in [5.41, 5.74) is 0. The van der Waals surface area contributed by atoms with Crippen LogP contribution in [0.4, 0.5) is 0 Å². The third kappa shape index (κ3) is 5.75. The van der Waals surface area contributed by atoms with Gasteiger partial charge in [-0.25, -0.2) is 0 Å². The van der Waals surface area contributed by atoms with Crippen LogP contribution in [0.15, 0.2) is 12.2 Å². The molecule has 0 unspecified atom stereocenters. The van der Waals surface area contributed by atoms with Crippen LogP contribution in [0.1, 0.15) is 19.8 Å². The third-order valence-electron chi connectivity index (χ3n) is 2.63. The van der Waals surface area contributed by atoms with Crippen LogP contribution < -0.4 is 5.32 Å². The maximum Gasteiger partial charge on any atom is 0.253 e. The normalized spacial score (nSPS) is 13.9. The number of hydrogen-bond donors (Lipinski definition) is 1. The number of imide groups is 1. The van der Waals surface area contributed by atoms with Crippen LogP contribution in [-0.2, 0) is 23.9 Å². The summed E-state index contributed by atoms with van der Waals surface area (Å²) < 4.78 is 5.14. The van der Waals surface area contributed by atoms with E-state index < -0.39 is 11.8 Å². The summed E-state index contributed by atoms with van der Waals surface area (Å²) in [6.45, 7) is 2.55. The molecule has 0 fully saturated rings. The predicted molar refractivity (Wildman–Crippen MR) is 69.6 cm³/mol. The highest BCUT2D eigenvalue weighted by atomic mass is 16.5. The zero-order valence-corrected chi connectivity index (χ0v) is 11.4. The van der Waals surface area contributed by atoms with Crippen LogP contribution in [0.2, 0.25) is 0 Å². The second-order valence-electron chi connectivity index (χ2n) is 4.33. The predicted octanol–water partition coefficient (Wildman–Crippen LogP) is -0.587. The minimum Gasteiger partial charge on any atom is -0.379 e. The Kier molecular flexibility index (Phi) is 6.58. The molecule has 1 heterocycles. The van der Waals surface area contributed by atoms with Crippen molar-refractivity contribution in [2.75, 3.05) is 26.3 Å². The Hall–Kier alpha value is -2.02. The van der Waals surface area contributed by atoms with Crippen molar-refractivity contribution >= 4 is 23.5 Å². The van der Waals surface area contributed by atoms with Crippen molar-refractivity contribution in [3.63, 3.8) is 0 Å². The summed E-state index contributed by atoms with van der Waals surface area (Å²) in [5, 5.41) is 2.61. The van der Waals surface area contributed by atoms with Crippen molar-refractivity contribution in [2.24, 2.45) is 0 Å². The molecule has 0 aromatic rings. The Morgan fingerprint density at radius 1 is 1.15 bits per heavy atom. The lowest BCUT2D eigenvalue weighted by atomic mass is 10.3. The number of carbonyl (C=O) groups is 4. The molecule has 7 heteroatoms. The highest BCUT2D eigenvalue weighted by Gasteiger charge is 2.23. The van der Waals surface area contributed by atoms with Gasteiger partial charge in [0, 0.05) is 38.1 Å². The van der Waals surface area contributed by atoms with Crippen LogP contribution in [0.3, 0.4) is 0 Å². The van der Waals surface area contributed by atoms with Crippen molar-refractivity contribution in [1.82, 2.24) is 10.2 Å². The Bertz CT molecular complexity index is 412. The molecule has 7 nitrogen and oxygen atoms in total. The Labute approximate surface area is 116 Å². The minimum absolute atomic E-state index is 0.0580. The molecular weight excluding hydrogens is 264 g/mol. The molecule has 1 aliphatic heterocycles. The molecule has 110 valence electrons. The molecule has 3 amide bonds. The first kappa shape index (κ1) is 16.0. The third-order valence-corrected chi connectivity index (χ3v) is 2.63. The average molecular weight is 282 g/mol. The van der Waals surface area contributed by atoms with E-state index in [2.05, 4.69) is 5.32 Å². The van der Waals surface area contributed by atoms with Gasteiger partial charge in [0.05, 0.1) is 13.2 Å². The summed E-state index contributed by atoms with van der Waals surface area (Å²) in [5.74, 6) is -0.985. The number of rotatable bonds is 9. The van der Waals surface area contributed by atoms with Crippen molar-refractivity contribution < 1.29 is 23.9 Å². The van der Waals surface area contributed by atoms with Gasteiger partial charge >= 0.3 is 0 Å². The molecule has 0 aromatic carbocycles. The van der Waals surface area contributed by atoms with Gasteiger partial charge in [0.25, 0.3) is 11.8 Å². The molecule has 0 spiro atoms. The lowest BCUT2D eigenvalue weighted by molar-refractivity contribution is -0.137. The van der Waals surface area contributed by atoms with Gasteiger partial charge in [-0.1, -0.05) is 0 Å². The van der Waals surface area contributed by atoms with Crippen LogP contribution in [-0.4, -0.2) is 54.7 Å². The fraction of sp³-hybridized carbons (Fsp3) is 0.538. The Balaban J connectivity index is 2.05. The van der Waals surface area contributed by atoms with E-state index in [1.807, 2.05) is 0 Å². The first-order chi connectivity index (χ1) is 9.50. The standard InChI is InChI=1S/C13H18N2O5/c1-10(16)5-8-20-9-6-14-11(17)4-7-15-12(18)2-3-13(15)19/h2-3H,4-9H2,1H3,(H,14,17). The van der Waals surface area contributed by atoms with Crippen molar-refractivity contribution in [3.8, 4) is 0 Å². The number of ketones is 1. The van der Waals surface area contributed by atoms with Gasteiger partial charge < -0.3 is 10.1 Å². The number of Topliss-reactive ketones (excluding diaryl/α,β-unsaturated/α-hetero) is 1. The molecule has 0 atom stereocenters. The SMILES string of the molecule is CC(=O)CCOCCNC(=O)CCN1C(=O)C=CC1=O. The Morgan fingerprint density at radius 2 is 1.80 bits per heavy atom. The first-order valence-electron chi connectivity index (χ1n) is 6.38. The smallest absolute Gasteiger partial charge is 0.253 e. The molecule has 0 radical (unpaired) electrons. The maximum atomic E-state index is 11.5. The van der Waals surface area contributed by atoms with Crippen molar-refractivity contribution in [3.05, 3.63) is 12.2 Å². The van der Waals surface area contributed by atoms with E-state index >= 15 is 0 Å². The van der Waals surface area contributed by atoms with E-state index in [0.717, 1.165) is 4.90 Å². The van der Waals surface area contributed by atoms with Gasteiger partial charge in [-0.3, -0.25) is 24.1 Å². The fourth-order valence-electron chi connectivity index (χ4n) is 1.53. The molecule has 0 saturated carbocycles. The second-order valence-corrected chi connectivity index (χ2v) is 4.33. The number of hydrogen-bond acceptors (Lipinski definition) is 5. The summed E-state index contributed by atoms with van der Waals surface area (Å²) >= 11 is 0. The molecule has 0 aromatic heterocycles. The van der Waals surface area contributed by atoms with E-state index in [0.29, 0.717) is 26.2 Å². The lowest BCUT2D eigenvalue weighted by Crippen LogP contribution is -2.35. The largest absolute Gasteiger partial charge is 0.379 e. The van der Waals surface area contributed by atoms with E-state index in [1.165, 1.54) is 19.1 Å². The van der Waals surface area contributed by atoms with Crippen LogP contribution in [0.5, 0.6) is 0 Å². The topological polar surface area (TPSA) is 92.8 Å². The molecule has 1 rings (SSSR count). The number of nitrogens with zero attached hydrogens (tertiary/aromatic N) is 1. The summed E-state index contributed by atoms with van der Waals surface area (Å²) in [7, 11) is 0. The first-order valence-corrected chi connectivity index (χ1v) is 6.38. The maximum absolute atomic E-state index is 11.5. The number of carbonyl (C=O) groups excluding carboxylic acids is 4. The molecular formula is C13H18N2O5. The number of nitrogens with one attached hydrogen (secondary N) is 1. The lowest BCUT2D eigenvalue weighted by Gasteiger charge is -2.13. The van der Waals surface area contributed by atoms with Gasteiger partial charge in [-0.15, -0.1) is 0 Å². The summed E-state index contributed by atoms with van der Waals surface area (Å²) in [6, 6.07) is 0. The van der Waals surface area contributed by atoms with Crippen LogP contribution >= 0.6 is 0 Å². The van der Waals surface area contributed by atoms with Gasteiger partial charge in [0.15, 0.2) is 0 Å². The quantitative estimate of drug-likeness (QED) is 0.451. The highest BCUT2D eigenvalue weighted by Crippen LogP contribution is 2.03. The molecule has 0 saturated heterocycles. The van der Waals surface area contributed by atoms with E-state index in [4.69, 9.17) is 4.74 Å². The van der Waals surface area contributed by atoms with E-state index in [1.54, 1.807) is 0 Å². The zero-order valence-electron chi connectivity index (χ0n) is 11.4. The van der Waals surface area contributed by atoms with Gasteiger partial charge in [-0.2, -0.15) is 0 Å². The number of amides is 3. The van der Waals surface area contributed by atoms with E-state index in [9.17, 15) is 19.2 Å². The van der Waals surface area contributed by atoms with Crippen LogP contribution in [0, 0.1) is 0 Å². The molecule has 20 heavy (non-hydrogen) atoms. The molecule has 1 N–H and O–H groups in total. The monoisotopic (exact) mass is 282 g/mol. The van der Waals surface area contributed by atoms with Gasteiger partial charge in [-0.05, 0) is 6.92 Å². The Morgan fingerprint density at radius 3 is 2.40 bits per heavy atom. The fourth-order valence-corrected chi connectivity index (χ4v) is 1.53. The van der Waals surface area contributed by atoms with Gasteiger partial charge in [0.2, 0.25) is 5.91 Å². The molecule has 0 bridgehead atoms. The second kappa shape index (κ2) is 8.21. The summed E-state index contributed by atoms with van der Waals surface area (Å²) in [4.78, 5) is 45.6. The van der Waals surface area contributed by atoms with Crippen molar-refractivity contribution in [1.29, 1.82) is 0 Å². The van der Waals surface area contributed by atoms with E-state index in [-0.39, 0.29) is 24.7 Å². The zero-order chi connectivity index (χ0) is 15.0. The average Bonchev–Trinajstić information content (AvgIpc) is 2.70. The molecule has 1 aliphatic rings. The minimum atomic E-state index is -0.393. The van der Waals surface area contributed by atoms with Crippen molar-refractivity contribution in [2.45, 2.75) is 19.8 Å². The van der Waals surface area contributed by atoms with Gasteiger partial charge in [0.1, 0.15) is 5.78 Å². The summed E-state index contributed by atoms with van der Waals surface area (Å²) in [6.07, 6.45) is 2.79. The molecule has 0 aliphatic carbocycles. The van der Waals surface area contributed by atoms with Crippen LogP contribution in [0.25, 0.3) is 0 Å². The number of ether oxygens (including phenoxy) is 1. The highest BCUT2D eigenvalue weighted by molar-refractivity contribution is 6.13.